The molecule has 0 saturated heterocycles. The van der Waals surface area contributed by atoms with E-state index >= 15 is 0 Å². The van der Waals surface area contributed by atoms with Crippen LogP contribution in [0.2, 0.25) is 0 Å². The van der Waals surface area contributed by atoms with Crippen LogP contribution in [0.4, 0.5) is 0 Å². The molecule has 1 aliphatic rings. The Morgan fingerprint density at radius 3 is 2.32 bits per heavy atom. The van der Waals surface area contributed by atoms with E-state index in [-0.39, 0.29) is 5.75 Å². The standard InChI is InChI=1S/C13H17NO4S/c15-12(16)13(8-4-5-9-13)14-19(17,18)10-11-6-2-1-3-7-11/h1-3,6-7,14H,4-5,8-10H2,(H,15,16). The molecule has 1 fully saturated rings. The molecule has 0 radical (unpaired) electrons. The number of rotatable bonds is 5. The van der Waals surface area contributed by atoms with Crippen LogP contribution in [-0.2, 0) is 20.6 Å². The third-order valence-electron chi connectivity index (χ3n) is 3.42. The Balaban J connectivity index is 2.14. The fraction of sp³-hybridized carbons (Fsp3) is 0.462. The predicted molar refractivity (Wildman–Crippen MR) is 71.0 cm³/mol. The van der Waals surface area contributed by atoms with Crippen molar-refractivity contribution >= 4 is 16.0 Å². The fourth-order valence-corrected chi connectivity index (χ4v) is 4.06. The number of nitrogens with one attached hydrogen (secondary N) is 1. The van der Waals surface area contributed by atoms with Crippen molar-refractivity contribution in [3.05, 3.63) is 35.9 Å². The van der Waals surface area contributed by atoms with Gasteiger partial charge in [0.2, 0.25) is 10.0 Å². The molecule has 19 heavy (non-hydrogen) atoms. The first-order valence-corrected chi connectivity index (χ1v) is 7.88. The van der Waals surface area contributed by atoms with Gasteiger partial charge in [0.1, 0.15) is 5.54 Å². The van der Waals surface area contributed by atoms with Crippen LogP contribution in [0.3, 0.4) is 0 Å². The molecular formula is C13H17NO4S. The molecule has 1 aromatic rings. The van der Waals surface area contributed by atoms with E-state index in [4.69, 9.17) is 0 Å². The minimum absolute atomic E-state index is 0.192. The van der Waals surface area contributed by atoms with Crippen molar-refractivity contribution in [3.8, 4) is 0 Å². The Hall–Kier alpha value is -1.40. The number of carboxylic acid groups (broad SMARTS) is 1. The third kappa shape index (κ3) is 3.33. The van der Waals surface area contributed by atoms with Crippen molar-refractivity contribution in [2.24, 2.45) is 0 Å². The molecule has 1 aromatic carbocycles. The molecule has 0 atom stereocenters. The molecule has 1 aliphatic carbocycles. The van der Waals surface area contributed by atoms with E-state index in [1.54, 1.807) is 30.3 Å². The fourth-order valence-electron chi connectivity index (χ4n) is 2.47. The van der Waals surface area contributed by atoms with Crippen molar-refractivity contribution in [1.29, 1.82) is 0 Å². The lowest BCUT2D eigenvalue weighted by Gasteiger charge is -2.25. The molecule has 0 unspecified atom stereocenters. The number of hydrogen-bond donors (Lipinski definition) is 2. The lowest BCUT2D eigenvalue weighted by molar-refractivity contribution is -0.143. The van der Waals surface area contributed by atoms with E-state index in [1.165, 1.54) is 0 Å². The lowest BCUT2D eigenvalue weighted by Crippen LogP contribution is -2.52. The summed E-state index contributed by atoms with van der Waals surface area (Å²) in [4.78, 5) is 11.3. The van der Waals surface area contributed by atoms with Gasteiger partial charge in [-0.3, -0.25) is 4.79 Å². The summed E-state index contributed by atoms with van der Waals surface area (Å²) < 4.78 is 26.6. The molecule has 0 aromatic heterocycles. The highest BCUT2D eigenvalue weighted by molar-refractivity contribution is 7.88. The third-order valence-corrected chi connectivity index (χ3v) is 4.83. The summed E-state index contributed by atoms with van der Waals surface area (Å²) in [6.07, 6.45) is 2.19. The number of sulfonamides is 1. The first kappa shape index (κ1) is 14.0. The highest BCUT2D eigenvalue weighted by Gasteiger charge is 2.44. The van der Waals surface area contributed by atoms with Gasteiger partial charge in [0, 0.05) is 0 Å². The zero-order valence-corrected chi connectivity index (χ0v) is 11.3. The van der Waals surface area contributed by atoms with Crippen molar-refractivity contribution in [2.45, 2.75) is 37.0 Å². The monoisotopic (exact) mass is 283 g/mol. The zero-order valence-electron chi connectivity index (χ0n) is 10.5. The van der Waals surface area contributed by atoms with Gasteiger partial charge in [0.05, 0.1) is 5.75 Å². The second-order valence-corrected chi connectivity index (χ2v) is 6.66. The molecule has 104 valence electrons. The van der Waals surface area contributed by atoms with Gasteiger partial charge in [-0.05, 0) is 18.4 Å². The molecular weight excluding hydrogens is 266 g/mol. The van der Waals surface area contributed by atoms with Crippen molar-refractivity contribution in [3.63, 3.8) is 0 Å². The topological polar surface area (TPSA) is 83.5 Å². The number of aliphatic carboxylic acids is 1. The Labute approximate surface area is 112 Å². The first-order valence-electron chi connectivity index (χ1n) is 6.23. The van der Waals surface area contributed by atoms with Gasteiger partial charge < -0.3 is 5.11 Å². The minimum Gasteiger partial charge on any atom is -0.480 e. The maximum atomic E-state index is 12.1. The number of carboxylic acids is 1. The molecule has 5 nitrogen and oxygen atoms in total. The van der Waals surface area contributed by atoms with Crippen molar-refractivity contribution < 1.29 is 18.3 Å². The SMILES string of the molecule is O=C(O)C1(NS(=O)(=O)Cc2ccccc2)CCCC1. The maximum Gasteiger partial charge on any atom is 0.324 e. The molecule has 2 rings (SSSR count). The average Bonchev–Trinajstić information content (AvgIpc) is 2.78. The summed E-state index contributed by atoms with van der Waals surface area (Å²) >= 11 is 0. The Kier molecular flexibility index (Phi) is 3.91. The highest BCUT2D eigenvalue weighted by atomic mass is 32.2. The van der Waals surface area contributed by atoms with Crippen LogP contribution < -0.4 is 4.72 Å². The van der Waals surface area contributed by atoms with Crippen LogP contribution in [0, 0.1) is 0 Å². The van der Waals surface area contributed by atoms with Crippen LogP contribution in [-0.4, -0.2) is 25.0 Å². The van der Waals surface area contributed by atoms with Gasteiger partial charge in [-0.15, -0.1) is 0 Å². The largest absolute Gasteiger partial charge is 0.480 e. The summed E-state index contributed by atoms with van der Waals surface area (Å²) in [5.41, 5.74) is -0.665. The van der Waals surface area contributed by atoms with Crippen LogP contribution >= 0.6 is 0 Å². The summed E-state index contributed by atoms with van der Waals surface area (Å²) in [6.45, 7) is 0. The molecule has 6 heteroatoms. The van der Waals surface area contributed by atoms with Gasteiger partial charge in [-0.25, -0.2) is 8.42 Å². The average molecular weight is 283 g/mol. The summed E-state index contributed by atoms with van der Waals surface area (Å²) in [5, 5.41) is 9.27. The number of hydrogen-bond acceptors (Lipinski definition) is 3. The summed E-state index contributed by atoms with van der Waals surface area (Å²) in [7, 11) is -3.65. The quantitative estimate of drug-likeness (QED) is 0.858. The maximum absolute atomic E-state index is 12.1. The normalized spacial score (nSPS) is 18.3. The van der Waals surface area contributed by atoms with Gasteiger partial charge in [0.15, 0.2) is 0 Å². The van der Waals surface area contributed by atoms with Crippen LogP contribution in [0.1, 0.15) is 31.2 Å². The van der Waals surface area contributed by atoms with E-state index in [9.17, 15) is 18.3 Å². The van der Waals surface area contributed by atoms with Gasteiger partial charge in [-0.1, -0.05) is 43.2 Å². The summed E-state index contributed by atoms with van der Waals surface area (Å²) in [6, 6.07) is 8.74. The smallest absolute Gasteiger partial charge is 0.324 e. The second-order valence-electron chi connectivity index (χ2n) is 4.94. The zero-order chi connectivity index (χ0) is 13.9. The molecule has 0 heterocycles. The Morgan fingerprint density at radius 2 is 1.79 bits per heavy atom. The molecule has 0 amide bonds. The van der Waals surface area contributed by atoms with Crippen LogP contribution in [0.5, 0.6) is 0 Å². The van der Waals surface area contributed by atoms with Gasteiger partial charge >= 0.3 is 5.97 Å². The van der Waals surface area contributed by atoms with E-state index in [0.29, 0.717) is 18.4 Å². The number of carbonyl (C=O) groups is 1. The molecule has 0 spiro atoms. The first-order chi connectivity index (χ1) is 8.94. The second kappa shape index (κ2) is 5.30. The van der Waals surface area contributed by atoms with Crippen molar-refractivity contribution in [2.75, 3.05) is 0 Å². The van der Waals surface area contributed by atoms with E-state index in [1.807, 2.05) is 0 Å². The van der Waals surface area contributed by atoms with Crippen LogP contribution in [0.25, 0.3) is 0 Å². The Morgan fingerprint density at radius 1 is 1.21 bits per heavy atom. The molecule has 0 aliphatic heterocycles. The summed E-state index contributed by atoms with van der Waals surface area (Å²) in [5.74, 6) is -1.27. The minimum atomic E-state index is -3.65. The Bertz CT molecular complexity index is 547. The van der Waals surface area contributed by atoms with E-state index in [0.717, 1.165) is 12.8 Å². The molecule has 0 bridgehead atoms. The predicted octanol–water partition coefficient (Wildman–Crippen LogP) is 1.50. The highest BCUT2D eigenvalue weighted by Crippen LogP contribution is 2.31. The van der Waals surface area contributed by atoms with Crippen LogP contribution in [0.15, 0.2) is 30.3 Å². The van der Waals surface area contributed by atoms with E-state index < -0.39 is 21.5 Å². The lowest BCUT2D eigenvalue weighted by atomic mass is 10.0. The van der Waals surface area contributed by atoms with Crippen molar-refractivity contribution in [1.82, 2.24) is 4.72 Å². The van der Waals surface area contributed by atoms with Gasteiger partial charge in [0.25, 0.3) is 0 Å². The molecule has 1 saturated carbocycles. The molecule has 2 N–H and O–H groups in total. The number of benzene rings is 1. The van der Waals surface area contributed by atoms with E-state index in [2.05, 4.69) is 4.72 Å². The van der Waals surface area contributed by atoms with Gasteiger partial charge in [-0.2, -0.15) is 4.72 Å².